The van der Waals surface area contributed by atoms with Crippen molar-refractivity contribution in [2.45, 2.75) is 35.6 Å². The Kier molecular flexibility index (Phi) is 5.00. The number of carbonyl (C=O) groups is 1. The summed E-state index contributed by atoms with van der Waals surface area (Å²) >= 11 is 4.31. The topological polar surface area (TPSA) is 76.9 Å². The minimum absolute atomic E-state index is 0.0289. The predicted octanol–water partition coefficient (Wildman–Crippen LogP) is 3.47. The molecule has 1 aliphatic rings. The highest BCUT2D eigenvalue weighted by molar-refractivity contribution is 8.00. The molecule has 0 radical (unpaired) electrons. The van der Waals surface area contributed by atoms with E-state index in [4.69, 9.17) is 0 Å². The highest BCUT2D eigenvalue weighted by Crippen LogP contribution is 2.34. The number of thiazole rings is 1. The Morgan fingerprint density at radius 1 is 1.41 bits per heavy atom. The summed E-state index contributed by atoms with van der Waals surface area (Å²) < 4.78 is 2.58. The Hall–Kier alpha value is -1.84. The van der Waals surface area contributed by atoms with Gasteiger partial charge in [-0.3, -0.25) is 14.2 Å². The molecule has 3 heterocycles. The number of aromatic nitrogens is 3. The molecule has 9 heteroatoms. The molecule has 140 valence electrons. The van der Waals surface area contributed by atoms with Gasteiger partial charge in [-0.25, -0.2) is 9.97 Å². The average molecular weight is 419 g/mol. The molecule has 27 heavy (non-hydrogen) atoms. The fourth-order valence-corrected chi connectivity index (χ4v) is 5.79. The molecule has 0 spiro atoms. The first-order valence-electron chi connectivity index (χ1n) is 8.47. The van der Waals surface area contributed by atoms with Crippen LogP contribution in [-0.4, -0.2) is 31.4 Å². The van der Waals surface area contributed by atoms with Crippen LogP contribution in [0.3, 0.4) is 0 Å². The van der Waals surface area contributed by atoms with E-state index >= 15 is 0 Å². The third-order valence-corrected chi connectivity index (χ3v) is 7.38. The molecule has 1 aromatic carbocycles. The molecule has 0 aliphatic carbocycles. The second-order valence-corrected chi connectivity index (χ2v) is 9.92. The van der Waals surface area contributed by atoms with E-state index in [9.17, 15) is 9.59 Å². The van der Waals surface area contributed by atoms with Crippen LogP contribution in [0.2, 0.25) is 0 Å². The number of rotatable bonds is 4. The van der Waals surface area contributed by atoms with Crippen molar-refractivity contribution in [2.75, 3.05) is 11.1 Å². The van der Waals surface area contributed by atoms with Gasteiger partial charge in [0.1, 0.15) is 0 Å². The van der Waals surface area contributed by atoms with Gasteiger partial charge in [-0.15, -0.1) is 11.8 Å². The van der Waals surface area contributed by atoms with Gasteiger partial charge >= 0.3 is 0 Å². The molecule has 6 nitrogen and oxygen atoms in total. The molecule has 1 N–H and O–H groups in total. The van der Waals surface area contributed by atoms with Gasteiger partial charge in [0.2, 0.25) is 5.91 Å². The number of aryl methyl sites for hydroxylation is 1. The van der Waals surface area contributed by atoms with Gasteiger partial charge in [0.15, 0.2) is 10.3 Å². The molecule has 3 aromatic rings. The van der Waals surface area contributed by atoms with Gasteiger partial charge in [0.05, 0.1) is 26.6 Å². The number of hydrogen-bond donors (Lipinski definition) is 1. The fraction of sp³-hybridized carbons (Fsp3) is 0.333. The lowest BCUT2D eigenvalue weighted by Crippen LogP contribution is -2.23. The van der Waals surface area contributed by atoms with Crippen LogP contribution in [0.25, 0.3) is 10.2 Å². The van der Waals surface area contributed by atoms with Crippen molar-refractivity contribution < 1.29 is 4.79 Å². The first kappa shape index (κ1) is 18.5. The normalized spacial score (nSPS) is 15.9. The zero-order valence-corrected chi connectivity index (χ0v) is 17.6. The zero-order chi connectivity index (χ0) is 19.1. The van der Waals surface area contributed by atoms with Crippen molar-refractivity contribution in [1.82, 2.24) is 14.5 Å². The second-order valence-electron chi connectivity index (χ2n) is 6.49. The van der Waals surface area contributed by atoms with Crippen LogP contribution < -0.4 is 10.9 Å². The number of nitrogens with one attached hydrogen (secondary N) is 1. The Bertz CT molecular complexity index is 1110. The van der Waals surface area contributed by atoms with Gasteiger partial charge in [0.25, 0.3) is 5.56 Å². The Labute approximate surface area is 168 Å². The van der Waals surface area contributed by atoms with E-state index in [1.807, 2.05) is 19.1 Å². The monoisotopic (exact) mass is 418 g/mol. The highest BCUT2D eigenvalue weighted by Gasteiger charge is 2.25. The lowest BCUT2D eigenvalue weighted by molar-refractivity contribution is -0.113. The predicted molar refractivity (Wildman–Crippen MR) is 112 cm³/mol. The van der Waals surface area contributed by atoms with Gasteiger partial charge in [0, 0.05) is 18.7 Å². The first-order valence-corrected chi connectivity index (χ1v) is 11.2. The number of thioether (sulfide) groups is 2. The van der Waals surface area contributed by atoms with Crippen molar-refractivity contribution >= 4 is 56.1 Å². The lowest BCUT2D eigenvalue weighted by atomic mass is 10.2. The second kappa shape index (κ2) is 7.29. The van der Waals surface area contributed by atoms with Gasteiger partial charge in [-0.05, 0) is 24.6 Å². The van der Waals surface area contributed by atoms with E-state index < -0.39 is 0 Å². The van der Waals surface area contributed by atoms with Gasteiger partial charge in [-0.1, -0.05) is 36.1 Å². The Balaban J connectivity index is 1.45. The summed E-state index contributed by atoms with van der Waals surface area (Å²) in [5, 5.41) is 4.37. The van der Waals surface area contributed by atoms with Crippen molar-refractivity contribution in [2.24, 2.45) is 7.05 Å². The first-order chi connectivity index (χ1) is 12.9. The molecule has 1 atom stereocenters. The zero-order valence-electron chi connectivity index (χ0n) is 15.1. The number of fused-ring (bicyclic) bond motifs is 2. The number of amides is 1. The number of benzene rings is 1. The molecule has 0 bridgehead atoms. The van der Waals surface area contributed by atoms with Crippen LogP contribution in [0, 0.1) is 6.92 Å². The lowest BCUT2D eigenvalue weighted by Gasteiger charge is -2.08. The fourth-order valence-electron chi connectivity index (χ4n) is 2.88. The standard InChI is InChI=1S/C18H18N4O2S3/c1-9-4-5-11-13(6-9)27-17(19-11)21-14(23)8-25-18-20-12-7-10(2)26-15(12)16(24)22(18)3/h4-6,10H,7-8H2,1-3H3,(H,19,21,23)/t10-/m1/s1. The summed E-state index contributed by atoms with van der Waals surface area (Å²) in [6.45, 7) is 4.12. The maximum absolute atomic E-state index is 12.5. The van der Waals surface area contributed by atoms with Gasteiger partial charge < -0.3 is 5.32 Å². The Morgan fingerprint density at radius 2 is 2.22 bits per heavy atom. The molecular formula is C18H18N4O2S3. The molecule has 1 amide bonds. The van der Waals surface area contributed by atoms with Crippen LogP contribution in [0.15, 0.2) is 33.0 Å². The summed E-state index contributed by atoms with van der Waals surface area (Å²) in [6, 6.07) is 6.01. The van der Waals surface area contributed by atoms with Crippen LogP contribution in [0.4, 0.5) is 5.13 Å². The van der Waals surface area contributed by atoms with E-state index in [0.29, 0.717) is 15.5 Å². The third-order valence-electron chi connectivity index (χ3n) is 4.20. The number of hydrogen-bond acceptors (Lipinski definition) is 7. The third kappa shape index (κ3) is 3.76. The van der Waals surface area contributed by atoms with Crippen molar-refractivity contribution in [3.05, 3.63) is 39.8 Å². The summed E-state index contributed by atoms with van der Waals surface area (Å²) in [5.41, 5.74) is 2.86. The van der Waals surface area contributed by atoms with Crippen molar-refractivity contribution in [1.29, 1.82) is 0 Å². The van der Waals surface area contributed by atoms with Crippen LogP contribution in [0.1, 0.15) is 18.2 Å². The van der Waals surface area contributed by atoms with Crippen LogP contribution >= 0.6 is 34.9 Å². The summed E-state index contributed by atoms with van der Waals surface area (Å²) in [4.78, 5) is 34.6. The SMILES string of the molecule is Cc1ccc2nc(NC(=O)CSc3nc4c(c(=O)n3C)S[C@H](C)C4)sc2c1. The number of carbonyl (C=O) groups excluding carboxylic acids is 1. The van der Waals surface area contributed by atoms with E-state index in [1.54, 1.807) is 18.8 Å². The highest BCUT2D eigenvalue weighted by atomic mass is 32.2. The van der Waals surface area contributed by atoms with E-state index in [0.717, 1.165) is 32.8 Å². The molecule has 1 aliphatic heterocycles. The van der Waals surface area contributed by atoms with Crippen molar-refractivity contribution in [3.8, 4) is 0 Å². The quantitative estimate of drug-likeness (QED) is 0.516. The maximum Gasteiger partial charge on any atom is 0.267 e. The minimum Gasteiger partial charge on any atom is -0.301 e. The van der Waals surface area contributed by atoms with Crippen LogP contribution in [-0.2, 0) is 18.3 Å². The van der Waals surface area contributed by atoms with E-state index in [-0.39, 0.29) is 17.2 Å². The molecule has 0 saturated carbocycles. The van der Waals surface area contributed by atoms with E-state index in [2.05, 4.69) is 28.3 Å². The van der Waals surface area contributed by atoms with Crippen LogP contribution in [0.5, 0.6) is 0 Å². The summed E-state index contributed by atoms with van der Waals surface area (Å²) in [5.74, 6) is 0.0183. The molecular weight excluding hydrogens is 400 g/mol. The molecule has 0 fully saturated rings. The average Bonchev–Trinajstić information content (AvgIpc) is 3.18. The molecule has 0 unspecified atom stereocenters. The minimum atomic E-state index is -0.159. The molecule has 0 saturated heterocycles. The number of nitrogens with zero attached hydrogens (tertiary/aromatic N) is 3. The molecule has 2 aromatic heterocycles. The number of anilines is 1. The smallest absolute Gasteiger partial charge is 0.267 e. The van der Waals surface area contributed by atoms with Crippen molar-refractivity contribution in [3.63, 3.8) is 0 Å². The summed E-state index contributed by atoms with van der Waals surface area (Å²) in [7, 11) is 1.70. The Morgan fingerprint density at radius 3 is 3.04 bits per heavy atom. The largest absolute Gasteiger partial charge is 0.301 e. The summed E-state index contributed by atoms with van der Waals surface area (Å²) in [6.07, 6.45) is 0.793. The van der Waals surface area contributed by atoms with Gasteiger partial charge in [-0.2, -0.15) is 0 Å². The van der Waals surface area contributed by atoms with E-state index in [1.165, 1.54) is 27.7 Å². The molecule has 4 rings (SSSR count). The maximum atomic E-state index is 12.5.